The van der Waals surface area contributed by atoms with E-state index in [1.165, 1.54) is 24.0 Å². The number of benzene rings is 1. The summed E-state index contributed by atoms with van der Waals surface area (Å²) < 4.78 is 1.74. The average molecular weight is 292 g/mol. The van der Waals surface area contributed by atoms with Crippen LogP contribution in [-0.2, 0) is 6.54 Å². The number of piperidine rings is 1. The zero-order valence-corrected chi connectivity index (χ0v) is 12.6. The molecule has 112 valence electrons. The van der Waals surface area contributed by atoms with Gasteiger partial charge in [0.2, 0.25) is 0 Å². The van der Waals surface area contributed by atoms with Crippen LogP contribution in [-0.4, -0.2) is 32.8 Å². The highest BCUT2D eigenvalue weighted by Crippen LogP contribution is 2.30. The van der Waals surface area contributed by atoms with Crippen molar-refractivity contribution in [2.24, 2.45) is 0 Å². The SMILES string of the molecule is c1ccc(CN2CCC(c3cnn4ncccc34)CC2)cc1. The van der Waals surface area contributed by atoms with Crippen LogP contribution in [0.4, 0.5) is 0 Å². The molecule has 4 heteroatoms. The first kappa shape index (κ1) is 13.5. The van der Waals surface area contributed by atoms with E-state index in [2.05, 4.69) is 51.5 Å². The molecule has 0 bridgehead atoms. The van der Waals surface area contributed by atoms with Crippen molar-refractivity contribution in [3.8, 4) is 0 Å². The molecule has 0 atom stereocenters. The Hall–Kier alpha value is -2.20. The molecule has 1 aliphatic rings. The molecule has 1 aliphatic heterocycles. The maximum Gasteiger partial charge on any atom is 0.0907 e. The van der Waals surface area contributed by atoms with Crippen molar-refractivity contribution in [2.45, 2.75) is 25.3 Å². The molecule has 2 aromatic heterocycles. The van der Waals surface area contributed by atoms with E-state index in [1.807, 2.05) is 12.3 Å². The molecule has 3 aromatic rings. The summed E-state index contributed by atoms with van der Waals surface area (Å²) in [5.41, 5.74) is 3.91. The molecule has 1 fully saturated rings. The van der Waals surface area contributed by atoms with E-state index in [-0.39, 0.29) is 0 Å². The van der Waals surface area contributed by atoms with Crippen LogP contribution in [0.2, 0.25) is 0 Å². The fourth-order valence-corrected chi connectivity index (χ4v) is 3.41. The first-order valence-electron chi connectivity index (χ1n) is 7.95. The van der Waals surface area contributed by atoms with E-state index in [0.29, 0.717) is 5.92 Å². The van der Waals surface area contributed by atoms with Crippen LogP contribution in [0.5, 0.6) is 0 Å². The predicted molar refractivity (Wildman–Crippen MR) is 86.7 cm³/mol. The Morgan fingerprint density at radius 3 is 2.59 bits per heavy atom. The third-order valence-electron chi connectivity index (χ3n) is 4.61. The van der Waals surface area contributed by atoms with Gasteiger partial charge in [0.1, 0.15) is 0 Å². The zero-order valence-electron chi connectivity index (χ0n) is 12.6. The summed E-state index contributed by atoms with van der Waals surface area (Å²) in [7, 11) is 0. The van der Waals surface area contributed by atoms with Crippen molar-refractivity contribution in [3.63, 3.8) is 0 Å². The molecular formula is C18H20N4. The number of rotatable bonds is 3. The molecule has 4 nitrogen and oxygen atoms in total. The third kappa shape index (κ3) is 2.62. The Morgan fingerprint density at radius 1 is 0.955 bits per heavy atom. The Balaban J connectivity index is 1.43. The van der Waals surface area contributed by atoms with Gasteiger partial charge in [0.15, 0.2) is 0 Å². The maximum absolute atomic E-state index is 4.37. The van der Waals surface area contributed by atoms with Crippen LogP contribution in [0.1, 0.15) is 29.9 Å². The maximum atomic E-state index is 4.37. The van der Waals surface area contributed by atoms with E-state index < -0.39 is 0 Å². The minimum absolute atomic E-state index is 0.605. The second-order valence-corrected chi connectivity index (χ2v) is 6.03. The fourth-order valence-electron chi connectivity index (χ4n) is 3.41. The summed E-state index contributed by atoms with van der Waals surface area (Å²) >= 11 is 0. The second-order valence-electron chi connectivity index (χ2n) is 6.03. The van der Waals surface area contributed by atoms with Crippen LogP contribution in [0.15, 0.2) is 54.9 Å². The number of likely N-dealkylation sites (tertiary alicyclic amines) is 1. The molecule has 3 heterocycles. The smallest absolute Gasteiger partial charge is 0.0907 e. The number of aromatic nitrogens is 3. The van der Waals surface area contributed by atoms with Gasteiger partial charge in [-0.25, -0.2) is 0 Å². The lowest BCUT2D eigenvalue weighted by Gasteiger charge is -2.31. The first-order chi connectivity index (χ1) is 10.9. The second kappa shape index (κ2) is 5.89. The average Bonchev–Trinajstić information content (AvgIpc) is 3.01. The molecule has 4 rings (SSSR count). The van der Waals surface area contributed by atoms with Gasteiger partial charge in [0.05, 0.1) is 11.7 Å². The Kier molecular flexibility index (Phi) is 3.60. The standard InChI is InChI=1S/C18H20N4/c1-2-5-15(6-3-1)14-21-11-8-16(9-12-21)17-13-20-22-18(17)7-4-10-19-22/h1-7,10,13,16H,8-9,11-12,14H2. The minimum atomic E-state index is 0.605. The number of nitrogens with zero attached hydrogens (tertiary/aromatic N) is 4. The molecule has 22 heavy (non-hydrogen) atoms. The molecule has 0 radical (unpaired) electrons. The van der Waals surface area contributed by atoms with Crippen LogP contribution >= 0.6 is 0 Å². The molecule has 0 N–H and O–H groups in total. The van der Waals surface area contributed by atoms with Crippen LogP contribution in [0.25, 0.3) is 5.52 Å². The molecule has 0 spiro atoms. The monoisotopic (exact) mass is 292 g/mol. The predicted octanol–water partition coefficient (Wildman–Crippen LogP) is 3.11. The van der Waals surface area contributed by atoms with Crippen molar-refractivity contribution in [3.05, 3.63) is 66.0 Å². The summed E-state index contributed by atoms with van der Waals surface area (Å²) in [6.45, 7) is 3.36. The summed E-state index contributed by atoms with van der Waals surface area (Å²) in [6, 6.07) is 14.8. The van der Waals surface area contributed by atoms with Gasteiger partial charge in [0, 0.05) is 18.3 Å². The summed E-state index contributed by atoms with van der Waals surface area (Å²) in [6.07, 6.45) is 6.18. The largest absolute Gasteiger partial charge is 0.299 e. The quantitative estimate of drug-likeness (QED) is 0.744. The Bertz CT molecular complexity index is 742. The van der Waals surface area contributed by atoms with Crippen LogP contribution in [0, 0.1) is 0 Å². The number of fused-ring (bicyclic) bond motifs is 1. The summed E-state index contributed by atoms with van der Waals surface area (Å²) in [5.74, 6) is 0.605. The molecule has 0 unspecified atom stereocenters. The van der Waals surface area contributed by atoms with Gasteiger partial charge in [-0.05, 0) is 49.5 Å². The van der Waals surface area contributed by atoms with Crippen LogP contribution in [0.3, 0.4) is 0 Å². The first-order valence-corrected chi connectivity index (χ1v) is 7.95. The summed E-state index contributed by atoms with van der Waals surface area (Å²) in [4.78, 5) is 2.55. The van der Waals surface area contributed by atoms with Gasteiger partial charge in [-0.2, -0.15) is 14.8 Å². The number of hydrogen-bond donors (Lipinski definition) is 0. The van der Waals surface area contributed by atoms with Gasteiger partial charge in [0.25, 0.3) is 0 Å². The van der Waals surface area contributed by atoms with Gasteiger partial charge in [-0.3, -0.25) is 4.90 Å². The van der Waals surface area contributed by atoms with Gasteiger partial charge in [-0.1, -0.05) is 30.3 Å². The highest BCUT2D eigenvalue weighted by Gasteiger charge is 2.23. The molecule has 0 amide bonds. The normalized spacial score (nSPS) is 17.1. The summed E-state index contributed by atoms with van der Waals surface area (Å²) in [5, 5.41) is 8.64. The van der Waals surface area contributed by atoms with E-state index in [1.54, 1.807) is 10.8 Å². The molecule has 0 saturated carbocycles. The van der Waals surface area contributed by atoms with E-state index in [4.69, 9.17) is 0 Å². The Labute approximate surface area is 130 Å². The van der Waals surface area contributed by atoms with Crippen molar-refractivity contribution in [2.75, 3.05) is 13.1 Å². The molecular weight excluding hydrogens is 272 g/mol. The van der Waals surface area contributed by atoms with Crippen molar-refractivity contribution < 1.29 is 0 Å². The van der Waals surface area contributed by atoms with Crippen molar-refractivity contribution >= 4 is 5.52 Å². The molecule has 0 aliphatic carbocycles. The zero-order chi connectivity index (χ0) is 14.8. The van der Waals surface area contributed by atoms with Gasteiger partial charge < -0.3 is 0 Å². The van der Waals surface area contributed by atoms with Gasteiger partial charge >= 0.3 is 0 Å². The van der Waals surface area contributed by atoms with Crippen molar-refractivity contribution in [1.29, 1.82) is 0 Å². The highest BCUT2D eigenvalue weighted by molar-refractivity contribution is 5.54. The number of hydrogen-bond acceptors (Lipinski definition) is 3. The third-order valence-corrected chi connectivity index (χ3v) is 4.61. The lowest BCUT2D eigenvalue weighted by atomic mass is 9.90. The van der Waals surface area contributed by atoms with E-state index in [0.717, 1.165) is 25.2 Å². The van der Waals surface area contributed by atoms with E-state index >= 15 is 0 Å². The lowest BCUT2D eigenvalue weighted by molar-refractivity contribution is 0.205. The fraction of sp³-hybridized carbons (Fsp3) is 0.333. The Morgan fingerprint density at radius 2 is 1.77 bits per heavy atom. The van der Waals surface area contributed by atoms with Gasteiger partial charge in [-0.15, -0.1) is 0 Å². The topological polar surface area (TPSA) is 33.4 Å². The highest BCUT2D eigenvalue weighted by atomic mass is 15.4. The van der Waals surface area contributed by atoms with Crippen molar-refractivity contribution in [1.82, 2.24) is 19.7 Å². The molecule has 1 aromatic carbocycles. The van der Waals surface area contributed by atoms with Crippen LogP contribution < -0.4 is 0 Å². The molecule has 1 saturated heterocycles. The van der Waals surface area contributed by atoms with E-state index in [9.17, 15) is 0 Å². The lowest BCUT2D eigenvalue weighted by Crippen LogP contribution is -2.32. The minimum Gasteiger partial charge on any atom is -0.299 e.